The van der Waals surface area contributed by atoms with Gasteiger partial charge in [0, 0.05) is 38.6 Å². The monoisotopic (exact) mass is 488 g/mol. The number of hydrogen-bond acceptors (Lipinski definition) is 5. The van der Waals surface area contributed by atoms with E-state index in [1.54, 1.807) is 12.1 Å². The van der Waals surface area contributed by atoms with Gasteiger partial charge < -0.3 is 15.3 Å². The molecule has 24 heavy (non-hydrogen) atoms. The fourth-order valence-electron chi connectivity index (χ4n) is 2.27. The molecule has 1 aliphatic rings. The maximum Gasteiger partial charge on any atom is 0.252 e. The van der Waals surface area contributed by atoms with E-state index in [0.717, 1.165) is 30.3 Å². The third-order valence-electron chi connectivity index (χ3n) is 3.55. The van der Waals surface area contributed by atoms with E-state index in [0.29, 0.717) is 17.3 Å². The van der Waals surface area contributed by atoms with E-state index in [4.69, 9.17) is 0 Å². The average Bonchev–Trinajstić information content (AvgIpc) is 3.12. The number of nitrogens with zero attached hydrogens (tertiary/aromatic N) is 3. The van der Waals surface area contributed by atoms with E-state index >= 15 is 0 Å². The Morgan fingerprint density at radius 3 is 2.75 bits per heavy atom. The summed E-state index contributed by atoms with van der Waals surface area (Å²) in [5.74, 6) is 0.759. The number of hydrogen-bond donors (Lipinski definition) is 2. The first-order valence-corrected chi connectivity index (χ1v) is 9.82. The molecule has 0 aliphatic carbocycles. The summed E-state index contributed by atoms with van der Waals surface area (Å²) >= 11 is 1.24. The molecular formula is C14H25IN4O3S2. The molecule has 0 spiro atoms. The number of β-amino-alcohol motifs (C(OH)–C–C–N with tert-alkyl or cyclic N) is 1. The number of sulfonamides is 1. The summed E-state index contributed by atoms with van der Waals surface area (Å²) in [5, 5.41) is 12.9. The summed E-state index contributed by atoms with van der Waals surface area (Å²) < 4.78 is 25.7. The maximum atomic E-state index is 12.1. The Morgan fingerprint density at radius 2 is 2.21 bits per heavy atom. The lowest BCUT2D eigenvalue weighted by Gasteiger charge is -2.20. The van der Waals surface area contributed by atoms with Gasteiger partial charge in [0.1, 0.15) is 4.21 Å². The van der Waals surface area contributed by atoms with Crippen molar-refractivity contribution in [3.63, 3.8) is 0 Å². The van der Waals surface area contributed by atoms with Gasteiger partial charge in [0.15, 0.2) is 5.96 Å². The van der Waals surface area contributed by atoms with Crippen molar-refractivity contribution in [2.24, 2.45) is 4.99 Å². The Balaban J connectivity index is 0.00000288. The molecule has 1 aromatic heterocycles. The van der Waals surface area contributed by atoms with Crippen LogP contribution in [0.2, 0.25) is 0 Å². The molecule has 2 rings (SSSR count). The molecule has 1 atom stereocenters. The summed E-state index contributed by atoms with van der Waals surface area (Å²) in [4.78, 5) is 7.48. The zero-order chi connectivity index (χ0) is 17.0. The number of thiophene rings is 1. The minimum absolute atomic E-state index is 0. The van der Waals surface area contributed by atoms with Gasteiger partial charge in [-0.15, -0.1) is 35.3 Å². The van der Waals surface area contributed by atoms with Crippen LogP contribution < -0.4 is 5.32 Å². The van der Waals surface area contributed by atoms with Crippen molar-refractivity contribution in [2.45, 2.75) is 30.2 Å². The van der Waals surface area contributed by atoms with Crippen LogP contribution in [-0.4, -0.2) is 68.5 Å². The van der Waals surface area contributed by atoms with Gasteiger partial charge >= 0.3 is 0 Å². The molecule has 2 heterocycles. The molecule has 2 N–H and O–H groups in total. The Kier molecular flexibility index (Phi) is 8.39. The maximum absolute atomic E-state index is 12.1. The van der Waals surface area contributed by atoms with E-state index in [-0.39, 0.29) is 30.1 Å². The smallest absolute Gasteiger partial charge is 0.252 e. The Labute approximate surface area is 164 Å². The molecule has 1 aromatic rings. The van der Waals surface area contributed by atoms with E-state index in [2.05, 4.69) is 10.3 Å². The predicted octanol–water partition coefficient (Wildman–Crippen LogP) is 1.15. The van der Waals surface area contributed by atoms with Crippen LogP contribution in [0.25, 0.3) is 0 Å². The van der Waals surface area contributed by atoms with Crippen molar-refractivity contribution < 1.29 is 13.5 Å². The SMILES string of the molecule is CCNC(=NCc1ccc(S(=O)(=O)N(C)C)s1)N1CC[C@@H](O)C1.I. The van der Waals surface area contributed by atoms with Crippen LogP contribution in [0.4, 0.5) is 0 Å². The highest BCUT2D eigenvalue weighted by Crippen LogP contribution is 2.24. The minimum atomic E-state index is -3.38. The highest BCUT2D eigenvalue weighted by molar-refractivity contribution is 14.0. The quantitative estimate of drug-likeness (QED) is 0.369. The number of nitrogens with one attached hydrogen (secondary N) is 1. The fourth-order valence-corrected chi connectivity index (χ4v) is 4.72. The zero-order valence-corrected chi connectivity index (χ0v) is 18.1. The molecule has 0 radical (unpaired) electrons. The van der Waals surface area contributed by atoms with Crippen LogP contribution in [0.3, 0.4) is 0 Å². The first-order chi connectivity index (χ1) is 10.8. The Hall–Kier alpha value is -0.430. The number of likely N-dealkylation sites (tertiary alicyclic amines) is 1. The van der Waals surface area contributed by atoms with Gasteiger partial charge in [-0.05, 0) is 25.5 Å². The third-order valence-corrected chi connectivity index (χ3v) is 6.91. The molecule has 0 saturated carbocycles. The van der Waals surface area contributed by atoms with Crippen LogP contribution in [0.1, 0.15) is 18.2 Å². The van der Waals surface area contributed by atoms with E-state index in [1.165, 1.54) is 29.7 Å². The summed E-state index contributed by atoms with van der Waals surface area (Å²) in [6.45, 7) is 4.52. The standard InChI is InChI=1S/C14H24N4O3S2.HI/c1-4-15-14(18-8-7-11(19)10-18)16-9-12-5-6-13(22-12)23(20,21)17(2)3;/h5-6,11,19H,4,7-10H2,1-3H3,(H,15,16);1H/t11-;/m1./s1. The summed E-state index contributed by atoms with van der Waals surface area (Å²) in [6, 6.07) is 3.42. The van der Waals surface area contributed by atoms with E-state index < -0.39 is 10.0 Å². The molecule has 0 amide bonds. The summed E-state index contributed by atoms with van der Waals surface area (Å²) in [5.41, 5.74) is 0. The first kappa shape index (κ1) is 21.6. The largest absolute Gasteiger partial charge is 0.391 e. The molecule has 1 saturated heterocycles. The number of aliphatic imine (C=N–C) groups is 1. The Morgan fingerprint density at radius 1 is 1.50 bits per heavy atom. The average molecular weight is 488 g/mol. The minimum Gasteiger partial charge on any atom is -0.391 e. The first-order valence-electron chi connectivity index (χ1n) is 7.57. The van der Waals surface area contributed by atoms with Gasteiger partial charge in [-0.25, -0.2) is 17.7 Å². The van der Waals surface area contributed by atoms with Crippen molar-refractivity contribution in [3.8, 4) is 0 Å². The fraction of sp³-hybridized carbons (Fsp3) is 0.643. The van der Waals surface area contributed by atoms with E-state index in [1.807, 2.05) is 11.8 Å². The number of aliphatic hydroxyl groups is 1. The highest BCUT2D eigenvalue weighted by Gasteiger charge is 2.23. The molecule has 138 valence electrons. The summed E-state index contributed by atoms with van der Waals surface area (Å²) in [7, 11) is -0.338. The van der Waals surface area contributed by atoms with Crippen LogP contribution in [0.5, 0.6) is 0 Å². The van der Waals surface area contributed by atoms with Gasteiger partial charge in [0.25, 0.3) is 10.0 Å². The molecule has 1 aliphatic heterocycles. The lowest BCUT2D eigenvalue weighted by Crippen LogP contribution is -2.40. The third kappa shape index (κ3) is 5.28. The number of rotatable bonds is 5. The number of guanidine groups is 1. The van der Waals surface area contributed by atoms with E-state index in [9.17, 15) is 13.5 Å². The van der Waals surface area contributed by atoms with Crippen molar-refractivity contribution in [1.82, 2.24) is 14.5 Å². The summed E-state index contributed by atoms with van der Waals surface area (Å²) in [6.07, 6.45) is 0.437. The molecule has 10 heteroatoms. The van der Waals surface area contributed by atoms with Gasteiger partial charge in [-0.1, -0.05) is 0 Å². The molecule has 7 nitrogen and oxygen atoms in total. The second-order valence-electron chi connectivity index (χ2n) is 5.57. The van der Waals surface area contributed by atoms with Gasteiger partial charge in [0.05, 0.1) is 12.6 Å². The number of aliphatic hydroxyl groups excluding tert-OH is 1. The lowest BCUT2D eigenvalue weighted by atomic mass is 10.3. The van der Waals surface area contributed by atoms with Crippen molar-refractivity contribution in [2.75, 3.05) is 33.7 Å². The number of halogens is 1. The molecule has 0 bridgehead atoms. The van der Waals surface area contributed by atoms with Gasteiger partial charge in [-0.3, -0.25) is 0 Å². The van der Waals surface area contributed by atoms with Crippen LogP contribution in [0, 0.1) is 0 Å². The second-order valence-corrected chi connectivity index (χ2v) is 9.11. The molecular weight excluding hydrogens is 463 g/mol. The topological polar surface area (TPSA) is 85.2 Å². The van der Waals surface area contributed by atoms with Gasteiger partial charge in [-0.2, -0.15) is 0 Å². The molecule has 0 aromatic carbocycles. The second kappa shape index (κ2) is 9.32. The van der Waals surface area contributed by atoms with Crippen LogP contribution in [-0.2, 0) is 16.6 Å². The van der Waals surface area contributed by atoms with Crippen LogP contribution >= 0.6 is 35.3 Å². The van der Waals surface area contributed by atoms with Crippen molar-refractivity contribution in [3.05, 3.63) is 17.0 Å². The zero-order valence-electron chi connectivity index (χ0n) is 14.1. The highest BCUT2D eigenvalue weighted by atomic mass is 127. The van der Waals surface area contributed by atoms with Crippen molar-refractivity contribution in [1.29, 1.82) is 0 Å². The normalized spacial score (nSPS) is 18.8. The predicted molar refractivity (Wildman–Crippen MR) is 108 cm³/mol. The van der Waals surface area contributed by atoms with Crippen molar-refractivity contribution >= 4 is 51.3 Å². The molecule has 0 unspecified atom stereocenters. The lowest BCUT2D eigenvalue weighted by molar-refractivity contribution is 0.188. The van der Waals surface area contributed by atoms with Gasteiger partial charge in [0.2, 0.25) is 0 Å². The Bertz CT molecular complexity index is 661. The molecule has 1 fully saturated rings. The van der Waals surface area contributed by atoms with Crippen LogP contribution in [0.15, 0.2) is 21.3 Å².